The van der Waals surface area contributed by atoms with Crippen LogP contribution in [0.3, 0.4) is 0 Å². The van der Waals surface area contributed by atoms with Gasteiger partial charge in [-0.05, 0) is 48.0 Å². The minimum atomic E-state index is -4.77. The highest BCUT2D eigenvalue weighted by atomic mass is 35.5. The second kappa shape index (κ2) is 9.50. The van der Waals surface area contributed by atoms with E-state index in [0.717, 1.165) is 35.8 Å². The molecule has 0 saturated carbocycles. The Morgan fingerprint density at radius 3 is 2.33 bits per heavy atom. The number of carbonyl (C=O) groups is 2. The summed E-state index contributed by atoms with van der Waals surface area (Å²) in [5.41, 5.74) is -1.68. The monoisotopic (exact) mass is 524 g/mol. The van der Waals surface area contributed by atoms with Gasteiger partial charge in [-0.25, -0.2) is 13.6 Å². The summed E-state index contributed by atoms with van der Waals surface area (Å²) in [6, 6.07) is 11.6. The number of halogens is 6. The molecule has 0 aliphatic carbocycles. The Hall–Kier alpha value is -4.12. The lowest BCUT2D eigenvalue weighted by Gasteiger charge is -2.13. The lowest BCUT2D eigenvalue weighted by atomic mass is 10.1. The molecule has 0 unspecified atom stereocenters. The predicted molar refractivity (Wildman–Crippen MR) is 120 cm³/mol. The van der Waals surface area contributed by atoms with Gasteiger partial charge in [0, 0.05) is 11.2 Å². The third-order valence-corrected chi connectivity index (χ3v) is 5.47. The number of hydrogen-bond donors (Lipinski definition) is 1. The Labute approximate surface area is 204 Å². The average molecular weight is 525 g/mol. The standard InChI is InChI=1S/C24H14ClF5N2O4/c1-35-23(34)36-18-10-9-14-11-16(24(28,29)30)20(32(14)21(18)25)12-5-7-13(8-6-12)31-22(33)15-3-2-4-17(26)19(15)27/h2-11H,1H3,(H,31,33). The van der Waals surface area contributed by atoms with Gasteiger partial charge in [-0.1, -0.05) is 29.8 Å². The molecule has 0 radical (unpaired) electrons. The average Bonchev–Trinajstić information content (AvgIpc) is 3.24. The van der Waals surface area contributed by atoms with Gasteiger partial charge in [0.2, 0.25) is 0 Å². The van der Waals surface area contributed by atoms with Gasteiger partial charge in [0.05, 0.1) is 23.9 Å². The van der Waals surface area contributed by atoms with E-state index in [4.69, 9.17) is 16.3 Å². The molecule has 6 nitrogen and oxygen atoms in total. The van der Waals surface area contributed by atoms with E-state index in [1.54, 1.807) is 0 Å². The first-order valence-corrected chi connectivity index (χ1v) is 10.4. The minimum Gasteiger partial charge on any atom is -0.437 e. The maximum absolute atomic E-state index is 13.9. The lowest BCUT2D eigenvalue weighted by molar-refractivity contribution is -0.137. The number of anilines is 1. The Balaban J connectivity index is 1.75. The highest BCUT2D eigenvalue weighted by molar-refractivity contribution is 6.31. The smallest absolute Gasteiger partial charge is 0.437 e. The molecule has 0 aliphatic heterocycles. The van der Waals surface area contributed by atoms with Crippen LogP contribution in [0.1, 0.15) is 15.9 Å². The Morgan fingerprint density at radius 2 is 1.69 bits per heavy atom. The Morgan fingerprint density at radius 1 is 1.00 bits per heavy atom. The molecule has 0 aliphatic rings. The van der Waals surface area contributed by atoms with Crippen molar-refractivity contribution in [2.24, 2.45) is 0 Å². The van der Waals surface area contributed by atoms with Crippen LogP contribution in [0.4, 0.5) is 32.4 Å². The van der Waals surface area contributed by atoms with E-state index in [2.05, 4.69) is 10.1 Å². The molecule has 2 heterocycles. The van der Waals surface area contributed by atoms with E-state index in [9.17, 15) is 31.5 Å². The number of benzene rings is 2. The summed E-state index contributed by atoms with van der Waals surface area (Å²) in [6.07, 6.45) is -5.88. The molecule has 4 rings (SSSR count). The Kier molecular flexibility index (Phi) is 6.59. The summed E-state index contributed by atoms with van der Waals surface area (Å²) in [4.78, 5) is 23.8. The number of alkyl halides is 3. The van der Waals surface area contributed by atoms with E-state index in [1.165, 1.54) is 36.4 Å². The third kappa shape index (κ3) is 4.69. The number of amides is 1. The van der Waals surface area contributed by atoms with Crippen molar-refractivity contribution in [1.82, 2.24) is 4.40 Å². The van der Waals surface area contributed by atoms with E-state index in [0.29, 0.717) is 0 Å². The number of nitrogens with zero attached hydrogens (tertiary/aromatic N) is 1. The largest absolute Gasteiger partial charge is 0.513 e. The molecule has 0 bridgehead atoms. The molecule has 186 valence electrons. The second-order valence-electron chi connectivity index (χ2n) is 7.34. The van der Waals surface area contributed by atoms with Crippen molar-refractivity contribution >= 4 is 34.9 Å². The maximum atomic E-state index is 13.9. The van der Waals surface area contributed by atoms with Crippen LogP contribution in [0.15, 0.2) is 60.7 Å². The van der Waals surface area contributed by atoms with Crippen molar-refractivity contribution in [3.63, 3.8) is 0 Å². The van der Waals surface area contributed by atoms with E-state index in [-0.39, 0.29) is 33.4 Å². The summed E-state index contributed by atoms with van der Waals surface area (Å²) in [7, 11) is 1.06. The van der Waals surface area contributed by atoms with Crippen molar-refractivity contribution in [3.8, 4) is 17.0 Å². The molecular formula is C24H14ClF5N2O4. The fourth-order valence-electron chi connectivity index (χ4n) is 3.50. The predicted octanol–water partition coefficient (Wildman–Crippen LogP) is 6.95. The quantitative estimate of drug-likeness (QED) is 0.178. The summed E-state index contributed by atoms with van der Waals surface area (Å²) >= 11 is 6.30. The van der Waals surface area contributed by atoms with Crippen LogP contribution in [-0.2, 0) is 10.9 Å². The maximum Gasteiger partial charge on any atom is 0.513 e. The van der Waals surface area contributed by atoms with Crippen molar-refractivity contribution in [2.75, 3.05) is 12.4 Å². The number of carbonyl (C=O) groups excluding carboxylic acids is 2. The third-order valence-electron chi connectivity index (χ3n) is 5.11. The molecule has 0 spiro atoms. The molecule has 0 saturated heterocycles. The first-order valence-electron chi connectivity index (χ1n) is 10.0. The number of nitrogens with one attached hydrogen (secondary N) is 1. The molecule has 1 N–H and O–H groups in total. The highest BCUT2D eigenvalue weighted by Crippen LogP contribution is 2.42. The number of hydrogen-bond acceptors (Lipinski definition) is 4. The number of pyridine rings is 1. The van der Waals surface area contributed by atoms with Gasteiger partial charge in [0.1, 0.15) is 0 Å². The van der Waals surface area contributed by atoms with Crippen molar-refractivity contribution in [1.29, 1.82) is 0 Å². The first-order chi connectivity index (χ1) is 17.0. The summed E-state index contributed by atoms with van der Waals surface area (Å²) in [5.74, 6) is -3.72. The normalized spacial score (nSPS) is 11.4. The fourth-order valence-corrected chi connectivity index (χ4v) is 3.79. The molecule has 2 aromatic carbocycles. The topological polar surface area (TPSA) is 69.0 Å². The van der Waals surface area contributed by atoms with Gasteiger partial charge in [0.25, 0.3) is 5.91 Å². The molecular weight excluding hydrogens is 511 g/mol. The van der Waals surface area contributed by atoms with Crippen molar-refractivity contribution < 1.29 is 41.0 Å². The van der Waals surface area contributed by atoms with E-state index >= 15 is 0 Å². The van der Waals surface area contributed by atoms with Gasteiger partial charge in [-0.2, -0.15) is 13.2 Å². The number of ether oxygens (including phenoxy) is 2. The summed E-state index contributed by atoms with van der Waals surface area (Å²) in [6.45, 7) is 0. The van der Waals surface area contributed by atoms with Crippen LogP contribution in [0.25, 0.3) is 16.8 Å². The zero-order valence-corrected chi connectivity index (χ0v) is 18.9. The van der Waals surface area contributed by atoms with Gasteiger partial charge in [-0.3, -0.25) is 9.20 Å². The Bertz CT molecular complexity index is 1480. The molecule has 36 heavy (non-hydrogen) atoms. The second-order valence-corrected chi connectivity index (χ2v) is 7.70. The van der Waals surface area contributed by atoms with Crippen LogP contribution in [0, 0.1) is 11.6 Å². The summed E-state index contributed by atoms with van der Waals surface area (Å²) < 4.78 is 79.3. The van der Waals surface area contributed by atoms with Crippen LogP contribution in [-0.4, -0.2) is 23.6 Å². The minimum absolute atomic E-state index is 0.0504. The number of fused-ring (bicyclic) bond motifs is 1. The van der Waals surface area contributed by atoms with Crippen LogP contribution in [0.5, 0.6) is 5.75 Å². The van der Waals surface area contributed by atoms with E-state index < -0.39 is 41.0 Å². The summed E-state index contributed by atoms with van der Waals surface area (Å²) in [5, 5.41) is 2.04. The molecule has 4 aromatic rings. The van der Waals surface area contributed by atoms with Crippen molar-refractivity contribution in [3.05, 3.63) is 88.6 Å². The van der Waals surface area contributed by atoms with Crippen LogP contribution >= 0.6 is 11.6 Å². The molecule has 0 atom stereocenters. The highest BCUT2D eigenvalue weighted by Gasteiger charge is 2.37. The zero-order valence-electron chi connectivity index (χ0n) is 18.1. The fraction of sp³-hybridized carbons (Fsp3) is 0.0833. The first kappa shape index (κ1) is 25.0. The number of methoxy groups -OCH3 is 1. The van der Waals surface area contributed by atoms with Gasteiger partial charge in [-0.15, -0.1) is 0 Å². The van der Waals surface area contributed by atoms with Gasteiger partial charge in [0.15, 0.2) is 22.5 Å². The van der Waals surface area contributed by atoms with E-state index in [1.807, 2.05) is 0 Å². The number of rotatable bonds is 4. The number of aromatic nitrogens is 1. The van der Waals surface area contributed by atoms with Crippen LogP contribution < -0.4 is 10.1 Å². The molecule has 2 aromatic heterocycles. The van der Waals surface area contributed by atoms with Crippen LogP contribution in [0.2, 0.25) is 5.15 Å². The van der Waals surface area contributed by atoms with Gasteiger partial charge < -0.3 is 14.8 Å². The molecule has 1 amide bonds. The zero-order chi connectivity index (χ0) is 26.2. The van der Waals surface area contributed by atoms with Crippen molar-refractivity contribution in [2.45, 2.75) is 6.18 Å². The molecule has 12 heteroatoms. The van der Waals surface area contributed by atoms with Gasteiger partial charge >= 0.3 is 12.3 Å². The molecule has 0 fully saturated rings. The lowest BCUT2D eigenvalue weighted by Crippen LogP contribution is -2.14. The SMILES string of the molecule is COC(=O)Oc1ccc2cc(C(F)(F)F)c(-c3ccc(NC(=O)c4cccc(F)c4F)cc3)n2c1Cl.